The highest BCUT2D eigenvalue weighted by Crippen LogP contribution is 2.25. The summed E-state index contributed by atoms with van der Waals surface area (Å²) in [6.45, 7) is 2.41. The highest BCUT2D eigenvalue weighted by Gasteiger charge is 2.33. The Labute approximate surface area is 140 Å². The molecule has 0 spiro atoms. The van der Waals surface area contributed by atoms with Gasteiger partial charge in [-0.1, -0.05) is 12.1 Å². The van der Waals surface area contributed by atoms with Gasteiger partial charge in [-0.25, -0.2) is 9.18 Å². The van der Waals surface area contributed by atoms with E-state index in [1.807, 2.05) is 0 Å². The van der Waals surface area contributed by atoms with Crippen molar-refractivity contribution >= 4 is 11.9 Å². The number of hydrogen-bond donors (Lipinski definition) is 1. The standard InChI is InChI=1S/C17H22FN3O3/c18-14-5-3-12(4-6-14)15-11-20(8-9-24-15)16(22)13-2-1-7-21(10-13)17(19)23/h3-6,13,15H,1-2,7-11H2,(H2,19,23)/t13-,15+/m0/s1. The second kappa shape index (κ2) is 7.17. The Bertz CT molecular complexity index is 608. The van der Waals surface area contributed by atoms with Gasteiger partial charge in [0.1, 0.15) is 11.9 Å². The van der Waals surface area contributed by atoms with Gasteiger partial charge in [-0.05, 0) is 30.5 Å². The summed E-state index contributed by atoms with van der Waals surface area (Å²) in [5, 5.41) is 0. The SMILES string of the molecule is NC(=O)N1CCC[C@H](C(=O)N2CCO[C@@H](c3ccc(F)cc3)C2)C1. The van der Waals surface area contributed by atoms with Crippen molar-refractivity contribution in [3.63, 3.8) is 0 Å². The lowest BCUT2D eigenvalue weighted by Crippen LogP contribution is -2.51. The lowest BCUT2D eigenvalue weighted by atomic mass is 9.96. The average molecular weight is 335 g/mol. The molecule has 2 aliphatic rings. The van der Waals surface area contributed by atoms with Gasteiger partial charge < -0.3 is 20.3 Å². The number of piperidine rings is 1. The number of hydrogen-bond acceptors (Lipinski definition) is 3. The van der Waals surface area contributed by atoms with Crippen molar-refractivity contribution in [2.75, 3.05) is 32.8 Å². The number of carbonyl (C=O) groups excluding carboxylic acids is 2. The smallest absolute Gasteiger partial charge is 0.314 e. The molecule has 2 aliphatic heterocycles. The molecule has 6 nitrogen and oxygen atoms in total. The lowest BCUT2D eigenvalue weighted by Gasteiger charge is -2.38. The third-order valence-corrected chi connectivity index (χ3v) is 4.70. The van der Waals surface area contributed by atoms with Gasteiger partial charge in [0.05, 0.1) is 19.1 Å². The summed E-state index contributed by atoms with van der Waals surface area (Å²) in [4.78, 5) is 27.4. The maximum absolute atomic E-state index is 13.1. The first-order chi connectivity index (χ1) is 11.5. The molecule has 0 radical (unpaired) electrons. The molecule has 0 aromatic heterocycles. The molecular weight excluding hydrogens is 313 g/mol. The number of carbonyl (C=O) groups is 2. The van der Waals surface area contributed by atoms with Crippen LogP contribution >= 0.6 is 0 Å². The van der Waals surface area contributed by atoms with Gasteiger partial charge in [-0.3, -0.25) is 4.79 Å². The Hall–Kier alpha value is -2.15. The Morgan fingerprint density at radius 2 is 1.88 bits per heavy atom. The van der Waals surface area contributed by atoms with Crippen molar-refractivity contribution in [3.8, 4) is 0 Å². The van der Waals surface area contributed by atoms with Gasteiger partial charge in [0.25, 0.3) is 0 Å². The van der Waals surface area contributed by atoms with Crippen LogP contribution in [0.15, 0.2) is 24.3 Å². The number of primary amides is 1. The Morgan fingerprint density at radius 1 is 1.12 bits per heavy atom. The molecule has 2 N–H and O–H groups in total. The van der Waals surface area contributed by atoms with Crippen molar-refractivity contribution in [2.24, 2.45) is 11.7 Å². The zero-order valence-electron chi connectivity index (χ0n) is 13.5. The summed E-state index contributed by atoms with van der Waals surface area (Å²) in [7, 11) is 0. The largest absolute Gasteiger partial charge is 0.370 e. The van der Waals surface area contributed by atoms with Crippen LogP contribution in [0.2, 0.25) is 0 Å². The van der Waals surface area contributed by atoms with Crippen LogP contribution in [-0.2, 0) is 9.53 Å². The fourth-order valence-electron chi connectivity index (χ4n) is 3.37. The van der Waals surface area contributed by atoms with E-state index in [9.17, 15) is 14.0 Å². The van der Waals surface area contributed by atoms with E-state index in [2.05, 4.69) is 0 Å². The second-order valence-corrected chi connectivity index (χ2v) is 6.32. The van der Waals surface area contributed by atoms with Crippen molar-refractivity contribution in [1.29, 1.82) is 0 Å². The van der Waals surface area contributed by atoms with E-state index < -0.39 is 6.03 Å². The van der Waals surface area contributed by atoms with E-state index in [0.29, 0.717) is 32.8 Å². The summed E-state index contributed by atoms with van der Waals surface area (Å²) < 4.78 is 18.8. The van der Waals surface area contributed by atoms with Crippen molar-refractivity contribution in [2.45, 2.75) is 18.9 Å². The Kier molecular flexibility index (Phi) is 4.99. The number of morpholine rings is 1. The van der Waals surface area contributed by atoms with E-state index in [0.717, 1.165) is 18.4 Å². The van der Waals surface area contributed by atoms with Crippen LogP contribution in [0.4, 0.5) is 9.18 Å². The van der Waals surface area contributed by atoms with E-state index in [4.69, 9.17) is 10.5 Å². The number of benzene rings is 1. The van der Waals surface area contributed by atoms with Gasteiger partial charge in [0, 0.05) is 19.6 Å². The fourth-order valence-corrected chi connectivity index (χ4v) is 3.37. The van der Waals surface area contributed by atoms with Crippen LogP contribution < -0.4 is 5.73 Å². The highest BCUT2D eigenvalue weighted by molar-refractivity contribution is 5.80. The summed E-state index contributed by atoms with van der Waals surface area (Å²) in [5.74, 6) is -0.467. The molecule has 130 valence electrons. The average Bonchev–Trinajstić information content (AvgIpc) is 2.62. The summed E-state index contributed by atoms with van der Waals surface area (Å²) >= 11 is 0. The van der Waals surface area contributed by atoms with Crippen molar-refractivity contribution in [1.82, 2.24) is 9.80 Å². The molecule has 0 bridgehead atoms. The topological polar surface area (TPSA) is 75.9 Å². The van der Waals surface area contributed by atoms with Crippen LogP contribution in [0.25, 0.3) is 0 Å². The lowest BCUT2D eigenvalue weighted by molar-refractivity contribution is -0.144. The van der Waals surface area contributed by atoms with Crippen LogP contribution in [0.5, 0.6) is 0 Å². The van der Waals surface area contributed by atoms with E-state index >= 15 is 0 Å². The molecule has 2 saturated heterocycles. The minimum atomic E-state index is -0.473. The van der Waals surface area contributed by atoms with Gasteiger partial charge >= 0.3 is 6.03 Å². The molecule has 2 fully saturated rings. The number of ether oxygens (including phenoxy) is 1. The Balaban J connectivity index is 1.64. The van der Waals surface area contributed by atoms with Gasteiger partial charge in [-0.15, -0.1) is 0 Å². The first-order valence-corrected chi connectivity index (χ1v) is 8.25. The molecule has 3 rings (SSSR count). The monoisotopic (exact) mass is 335 g/mol. The number of halogens is 1. The second-order valence-electron chi connectivity index (χ2n) is 6.32. The van der Waals surface area contributed by atoms with Crippen molar-refractivity contribution in [3.05, 3.63) is 35.6 Å². The van der Waals surface area contributed by atoms with E-state index in [1.54, 1.807) is 17.0 Å². The molecule has 24 heavy (non-hydrogen) atoms. The molecular formula is C17H22FN3O3. The summed E-state index contributed by atoms with van der Waals surface area (Å²) in [6.07, 6.45) is 1.30. The number of nitrogens with two attached hydrogens (primary N) is 1. The van der Waals surface area contributed by atoms with E-state index in [-0.39, 0.29) is 23.7 Å². The zero-order valence-corrected chi connectivity index (χ0v) is 13.5. The molecule has 2 heterocycles. The highest BCUT2D eigenvalue weighted by atomic mass is 19.1. The quantitative estimate of drug-likeness (QED) is 0.890. The van der Waals surface area contributed by atoms with Crippen LogP contribution in [0, 0.1) is 11.7 Å². The van der Waals surface area contributed by atoms with E-state index in [1.165, 1.54) is 17.0 Å². The first-order valence-electron chi connectivity index (χ1n) is 8.25. The van der Waals surface area contributed by atoms with Crippen LogP contribution in [0.1, 0.15) is 24.5 Å². The minimum absolute atomic E-state index is 0.0383. The number of urea groups is 1. The summed E-state index contributed by atoms with van der Waals surface area (Å²) in [5.41, 5.74) is 6.19. The molecule has 2 atom stereocenters. The predicted octanol–water partition coefficient (Wildman–Crippen LogP) is 1.52. The first kappa shape index (κ1) is 16.7. The van der Waals surface area contributed by atoms with Gasteiger partial charge in [0.2, 0.25) is 5.91 Å². The number of nitrogens with zero attached hydrogens (tertiary/aromatic N) is 2. The zero-order chi connectivity index (χ0) is 17.1. The third-order valence-electron chi connectivity index (χ3n) is 4.70. The number of rotatable bonds is 2. The van der Waals surface area contributed by atoms with Gasteiger partial charge in [-0.2, -0.15) is 0 Å². The maximum atomic E-state index is 13.1. The minimum Gasteiger partial charge on any atom is -0.370 e. The molecule has 1 aromatic rings. The number of likely N-dealkylation sites (tertiary alicyclic amines) is 1. The predicted molar refractivity (Wildman–Crippen MR) is 85.6 cm³/mol. The number of amides is 3. The van der Waals surface area contributed by atoms with Gasteiger partial charge in [0.15, 0.2) is 0 Å². The normalized spacial score (nSPS) is 24.7. The molecule has 3 amide bonds. The van der Waals surface area contributed by atoms with Crippen LogP contribution in [0.3, 0.4) is 0 Å². The fraction of sp³-hybridized carbons (Fsp3) is 0.529. The molecule has 0 aliphatic carbocycles. The molecule has 0 saturated carbocycles. The Morgan fingerprint density at radius 3 is 2.58 bits per heavy atom. The van der Waals surface area contributed by atoms with Crippen molar-refractivity contribution < 1.29 is 18.7 Å². The van der Waals surface area contributed by atoms with Crippen LogP contribution in [-0.4, -0.2) is 54.5 Å². The molecule has 7 heteroatoms. The maximum Gasteiger partial charge on any atom is 0.314 e. The third kappa shape index (κ3) is 3.67. The molecule has 0 unspecified atom stereocenters. The molecule has 1 aromatic carbocycles. The summed E-state index contributed by atoms with van der Waals surface area (Å²) in [6, 6.07) is 5.68.